The average Bonchev–Trinajstić information content (AvgIpc) is 2.71. The molecule has 1 aromatic carbocycles. The molecular formula is C14H15F3N2O2. The number of aromatic nitrogens is 2. The quantitative estimate of drug-likeness (QED) is 0.770. The van der Waals surface area contributed by atoms with Crippen LogP contribution < -0.4 is 0 Å². The molecule has 0 saturated carbocycles. The number of ketones is 1. The van der Waals surface area contributed by atoms with Crippen molar-refractivity contribution in [1.82, 2.24) is 9.55 Å². The molecule has 0 fully saturated rings. The maximum absolute atomic E-state index is 11.9. The third-order valence-corrected chi connectivity index (χ3v) is 3.03. The molecule has 0 aliphatic heterocycles. The highest BCUT2D eigenvalue weighted by Gasteiger charge is 2.27. The zero-order valence-corrected chi connectivity index (χ0v) is 11.5. The summed E-state index contributed by atoms with van der Waals surface area (Å²) >= 11 is 0. The molecule has 0 atom stereocenters. The van der Waals surface area contributed by atoms with Gasteiger partial charge >= 0.3 is 6.18 Å². The molecule has 2 aromatic rings. The topological polar surface area (TPSA) is 44.1 Å². The van der Waals surface area contributed by atoms with Gasteiger partial charge in [-0.15, -0.1) is 0 Å². The lowest BCUT2D eigenvalue weighted by molar-refractivity contribution is -0.174. The number of hydrogen-bond acceptors (Lipinski definition) is 3. The molecule has 114 valence electrons. The Morgan fingerprint density at radius 1 is 1.33 bits per heavy atom. The molecule has 0 bridgehead atoms. The predicted octanol–water partition coefficient (Wildman–Crippen LogP) is 2.65. The van der Waals surface area contributed by atoms with E-state index >= 15 is 0 Å². The Kier molecular flexibility index (Phi) is 4.62. The van der Waals surface area contributed by atoms with Crippen molar-refractivity contribution in [3.63, 3.8) is 0 Å². The van der Waals surface area contributed by atoms with Gasteiger partial charge in [0.05, 0.1) is 24.1 Å². The number of Topliss-reactive ketones (excluding diaryl/α,β-unsaturated/α-hetero) is 1. The van der Waals surface area contributed by atoms with Gasteiger partial charge in [0.1, 0.15) is 18.2 Å². The number of nitrogens with zero attached hydrogens (tertiary/aromatic N) is 2. The first-order valence-electron chi connectivity index (χ1n) is 6.43. The number of carbonyl (C=O) groups is 1. The van der Waals surface area contributed by atoms with Crippen LogP contribution in [0.4, 0.5) is 13.2 Å². The van der Waals surface area contributed by atoms with Gasteiger partial charge in [-0.2, -0.15) is 13.2 Å². The summed E-state index contributed by atoms with van der Waals surface area (Å²) in [6.07, 6.45) is -4.33. The number of aryl methyl sites for hydroxylation is 1. The monoisotopic (exact) mass is 300 g/mol. The maximum atomic E-state index is 11.9. The Labute approximate surface area is 119 Å². The molecule has 0 saturated heterocycles. The molecule has 0 unspecified atom stereocenters. The molecule has 0 amide bonds. The Morgan fingerprint density at radius 3 is 2.71 bits per heavy atom. The lowest BCUT2D eigenvalue weighted by atomic mass is 10.2. The number of ether oxygens (including phenoxy) is 1. The third kappa shape index (κ3) is 4.29. The van der Waals surface area contributed by atoms with Gasteiger partial charge in [-0.1, -0.05) is 12.1 Å². The van der Waals surface area contributed by atoms with Crippen LogP contribution in [0.15, 0.2) is 24.3 Å². The summed E-state index contributed by atoms with van der Waals surface area (Å²) in [5, 5.41) is 0. The largest absolute Gasteiger partial charge is 0.411 e. The number of carbonyl (C=O) groups excluding carboxylic acids is 1. The van der Waals surface area contributed by atoms with Gasteiger partial charge in [0, 0.05) is 13.5 Å². The minimum atomic E-state index is -4.36. The Bertz CT molecular complexity index is 635. The Morgan fingerprint density at radius 2 is 2.05 bits per heavy atom. The van der Waals surface area contributed by atoms with E-state index in [0.29, 0.717) is 5.82 Å². The highest BCUT2D eigenvalue weighted by molar-refractivity contribution is 5.82. The average molecular weight is 300 g/mol. The molecule has 0 aliphatic carbocycles. The minimum Gasteiger partial charge on any atom is -0.372 e. The maximum Gasteiger partial charge on any atom is 0.411 e. The molecule has 4 nitrogen and oxygen atoms in total. The number of benzene rings is 1. The number of halogens is 3. The standard InChI is InChI=1S/C14H15F3N2O2/c1-19-12-5-3-2-4-11(12)18-13(19)8-10(20)6-7-21-9-14(15,16)17/h2-5H,6-9H2,1H3. The lowest BCUT2D eigenvalue weighted by Gasteiger charge is -2.07. The van der Waals surface area contributed by atoms with Gasteiger partial charge in [-0.3, -0.25) is 4.79 Å². The summed E-state index contributed by atoms with van der Waals surface area (Å²) in [5.41, 5.74) is 1.70. The second-order valence-electron chi connectivity index (χ2n) is 4.71. The van der Waals surface area contributed by atoms with Crippen LogP contribution in [0.3, 0.4) is 0 Å². The van der Waals surface area contributed by atoms with Crippen molar-refractivity contribution in [2.24, 2.45) is 7.05 Å². The second kappa shape index (κ2) is 6.26. The van der Waals surface area contributed by atoms with Gasteiger partial charge in [-0.25, -0.2) is 4.98 Å². The molecule has 0 spiro atoms. The molecule has 7 heteroatoms. The van der Waals surface area contributed by atoms with E-state index in [1.807, 2.05) is 28.8 Å². The van der Waals surface area contributed by atoms with Gasteiger partial charge in [0.2, 0.25) is 0 Å². The zero-order valence-electron chi connectivity index (χ0n) is 11.5. The van der Waals surface area contributed by atoms with E-state index in [1.54, 1.807) is 7.05 Å². The SMILES string of the molecule is Cn1c(CC(=O)CCOCC(F)(F)F)nc2ccccc21. The minimum absolute atomic E-state index is 0.0563. The van der Waals surface area contributed by atoms with Crippen LogP contribution in [0.25, 0.3) is 11.0 Å². The number of para-hydroxylation sites is 2. The highest BCUT2D eigenvalue weighted by Crippen LogP contribution is 2.16. The van der Waals surface area contributed by atoms with Crippen LogP contribution in [0, 0.1) is 0 Å². The van der Waals surface area contributed by atoms with Gasteiger partial charge in [0.25, 0.3) is 0 Å². The van der Waals surface area contributed by atoms with Crippen molar-refractivity contribution < 1.29 is 22.7 Å². The first kappa shape index (κ1) is 15.5. The van der Waals surface area contributed by atoms with Crippen molar-refractivity contribution in [3.8, 4) is 0 Å². The van der Waals surface area contributed by atoms with Crippen molar-refractivity contribution in [2.45, 2.75) is 19.0 Å². The second-order valence-corrected chi connectivity index (χ2v) is 4.71. The predicted molar refractivity (Wildman–Crippen MR) is 70.9 cm³/mol. The first-order valence-corrected chi connectivity index (χ1v) is 6.43. The van der Waals surface area contributed by atoms with Crippen LogP contribution in [-0.4, -0.2) is 34.7 Å². The van der Waals surface area contributed by atoms with Crippen LogP contribution in [0.2, 0.25) is 0 Å². The fraction of sp³-hybridized carbons (Fsp3) is 0.429. The first-order chi connectivity index (χ1) is 9.87. The van der Waals surface area contributed by atoms with E-state index in [1.165, 1.54) is 0 Å². The number of alkyl halides is 3. The van der Waals surface area contributed by atoms with Gasteiger partial charge in [-0.05, 0) is 12.1 Å². The molecule has 1 aromatic heterocycles. The van der Waals surface area contributed by atoms with Crippen molar-refractivity contribution >= 4 is 16.8 Å². The van der Waals surface area contributed by atoms with E-state index in [4.69, 9.17) is 0 Å². The fourth-order valence-corrected chi connectivity index (χ4v) is 1.99. The third-order valence-electron chi connectivity index (χ3n) is 3.03. The molecule has 1 heterocycles. The summed E-state index contributed by atoms with van der Waals surface area (Å²) in [7, 11) is 1.80. The summed E-state index contributed by atoms with van der Waals surface area (Å²) in [4.78, 5) is 16.1. The smallest absolute Gasteiger partial charge is 0.372 e. The van der Waals surface area contributed by atoms with E-state index in [0.717, 1.165) is 11.0 Å². The van der Waals surface area contributed by atoms with Crippen molar-refractivity contribution in [1.29, 1.82) is 0 Å². The Balaban J connectivity index is 1.88. The number of fused-ring (bicyclic) bond motifs is 1. The Hall–Kier alpha value is -1.89. The summed E-state index contributed by atoms with van der Waals surface area (Å²) in [6, 6.07) is 7.46. The van der Waals surface area contributed by atoms with Crippen LogP contribution in [0.1, 0.15) is 12.2 Å². The summed E-state index contributed by atoms with van der Waals surface area (Å²) < 4.78 is 41.9. The van der Waals surface area contributed by atoms with Crippen molar-refractivity contribution in [3.05, 3.63) is 30.1 Å². The number of rotatable bonds is 6. The van der Waals surface area contributed by atoms with Crippen LogP contribution >= 0.6 is 0 Å². The molecular weight excluding hydrogens is 285 g/mol. The molecule has 2 rings (SSSR count). The lowest BCUT2D eigenvalue weighted by Crippen LogP contribution is -2.19. The summed E-state index contributed by atoms with van der Waals surface area (Å²) in [6.45, 7) is -1.56. The molecule has 0 radical (unpaired) electrons. The number of imidazole rings is 1. The normalized spacial score (nSPS) is 12.0. The van der Waals surface area contributed by atoms with Crippen molar-refractivity contribution in [2.75, 3.05) is 13.2 Å². The van der Waals surface area contributed by atoms with Gasteiger partial charge < -0.3 is 9.30 Å². The fourth-order valence-electron chi connectivity index (χ4n) is 1.99. The number of hydrogen-bond donors (Lipinski definition) is 0. The van der Waals surface area contributed by atoms with Gasteiger partial charge in [0.15, 0.2) is 0 Å². The van der Waals surface area contributed by atoms with E-state index in [2.05, 4.69) is 9.72 Å². The van der Waals surface area contributed by atoms with E-state index in [-0.39, 0.29) is 25.2 Å². The molecule has 0 aliphatic rings. The van der Waals surface area contributed by atoms with E-state index < -0.39 is 12.8 Å². The molecule has 21 heavy (non-hydrogen) atoms. The molecule has 0 N–H and O–H groups in total. The zero-order chi connectivity index (χ0) is 15.5. The summed E-state index contributed by atoms with van der Waals surface area (Å²) in [5.74, 6) is 0.396. The van der Waals surface area contributed by atoms with Crippen LogP contribution in [-0.2, 0) is 23.0 Å². The highest BCUT2D eigenvalue weighted by atomic mass is 19.4. The van der Waals surface area contributed by atoms with Crippen LogP contribution in [0.5, 0.6) is 0 Å². The van der Waals surface area contributed by atoms with E-state index in [9.17, 15) is 18.0 Å².